The fourth-order valence-electron chi connectivity index (χ4n) is 2.35. The van der Waals surface area contributed by atoms with E-state index in [-0.39, 0.29) is 0 Å². The third-order valence-electron chi connectivity index (χ3n) is 3.47. The van der Waals surface area contributed by atoms with Crippen molar-refractivity contribution in [3.05, 3.63) is 83.6 Å². The lowest BCUT2D eigenvalue weighted by Gasteiger charge is -2.05. The third kappa shape index (κ3) is 2.77. The summed E-state index contributed by atoms with van der Waals surface area (Å²) in [6, 6.07) is 20.9. The Morgan fingerprint density at radius 2 is 1.70 bits per heavy atom. The third-order valence-corrected chi connectivity index (χ3v) is 3.47. The van der Waals surface area contributed by atoms with Gasteiger partial charge in [0.1, 0.15) is 0 Å². The zero-order valence-corrected chi connectivity index (χ0v) is 11.6. The topological polar surface area (TPSA) is 12.9 Å². The number of nitrogens with zero attached hydrogens (tertiary/aromatic N) is 1. The Morgan fingerprint density at radius 1 is 0.950 bits per heavy atom. The van der Waals surface area contributed by atoms with Gasteiger partial charge in [0.05, 0.1) is 5.52 Å². The van der Waals surface area contributed by atoms with Crippen molar-refractivity contribution in [3.8, 4) is 0 Å². The molecule has 0 unspecified atom stereocenters. The molecular formula is C19H17N. The molecule has 0 N–H and O–H groups in total. The van der Waals surface area contributed by atoms with Gasteiger partial charge in [0, 0.05) is 11.1 Å². The molecule has 0 aliphatic heterocycles. The van der Waals surface area contributed by atoms with Gasteiger partial charge < -0.3 is 0 Å². The Balaban J connectivity index is 1.84. The van der Waals surface area contributed by atoms with Crippen LogP contribution in [0.2, 0.25) is 0 Å². The van der Waals surface area contributed by atoms with Crippen LogP contribution >= 0.6 is 0 Å². The molecule has 1 nitrogen and oxygen atoms in total. The molecule has 1 heterocycles. The van der Waals surface area contributed by atoms with Gasteiger partial charge in [-0.1, -0.05) is 60.7 Å². The maximum Gasteiger partial charge on any atom is 0.0705 e. The smallest absolute Gasteiger partial charge is 0.0705 e. The summed E-state index contributed by atoms with van der Waals surface area (Å²) in [6.07, 6.45) is 5.28. The Bertz CT molecular complexity index is 742. The summed E-state index contributed by atoms with van der Waals surface area (Å²) < 4.78 is 0. The minimum Gasteiger partial charge on any atom is -0.253 e. The summed E-state index contributed by atoms with van der Waals surface area (Å²) in [5.74, 6) is 0. The fourth-order valence-corrected chi connectivity index (χ4v) is 2.35. The second kappa shape index (κ2) is 5.70. The molecule has 98 valence electrons. The molecule has 0 amide bonds. The van der Waals surface area contributed by atoms with Crippen LogP contribution in [-0.2, 0) is 6.42 Å². The first kappa shape index (κ1) is 12.6. The predicted molar refractivity (Wildman–Crippen MR) is 85.7 cm³/mol. The van der Waals surface area contributed by atoms with Crippen molar-refractivity contribution in [2.75, 3.05) is 0 Å². The number of para-hydroxylation sites is 1. The monoisotopic (exact) mass is 259 g/mol. The van der Waals surface area contributed by atoms with E-state index in [1.165, 1.54) is 16.5 Å². The van der Waals surface area contributed by atoms with Gasteiger partial charge in [-0.25, -0.2) is 0 Å². The quantitative estimate of drug-likeness (QED) is 0.658. The van der Waals surface area contributed by atoms with Gasteiger partial charge in [0.15, 0.2) is 0 Å². The summed E-state index contributed by atoms with van der Waals surface area (Å²) in [4.78, 5) is 4.67. The maximum absolute atomic E-state index is 4.67. The van der Waals surface area contributed by atoms with Gasteiger partial charge in [0.25, 0.3) is 0 Å². The first-order chi connectivity index (χ1) is 9.83. The molecule has 0 aliphatic carbocycles. The Labute approximate surface area is 119 Å². The number of allylic oxidation sites excluding steroid dienone is 1. The second-order valence-corrected chi connectivity index (χ2v) is 4.94. The largest absolute Gasteiger partial charge is 0.253 e. The van der Waals surface area contributed by atoms with E-state index in [2.05, 4.69) is 72.6 Å². The number of aryl methyl sites for hydroxylation is 1. The molecular weight excluding hydrogens is 242 g/mol. The molecule has 0 fully saturated rings. The molecule has 3 rings (SSSR count). The summed E-state index contributed by atoms with van der Waals surface area (Å²) in [5, 5.41) is 1.21. The fraction of sp³-hybridized carbons (Fsp3) is 0.105. The number of benzene rings is 2. The number of hydrogen-bond donors (Lipinski definition) is 0. The van der Waals surface area contributed by atoms with E-state index >= 15 is 0 Å². The minimum atomic E-state index is 0.915. The average molecular weight is 259 g/mol. The Morgan fingerprint density at radius 3 is 2.55 bits per heavy atom. The number of fused-ring (bicyclic) bond motifs is 1. The van der Waals surface area contributed by atoms with Gasteiger partial charge in [-0.05, 0) is 36.6 Å². The van der Waals surface area contributed by atoms with Crippen LogP contribution in [0.4, 0.5) is 0 Å². The first-order valence-electron chi connectivity index (χ1n) is 6.90. The van der Waals surface area contributed by atoms with E-state index in [9.17, 15) is 0 Å². The molecule has 0 atom stereocenters. The highest BCUT2D eigenvalue weighted by Crippen LogP contribution is 2.17. The van der Waals surface area contributed by atoms with Crippen LogP contribution in [0.3, 0.4) is 0 Å². The number of hydrogen-bond acceptors (Lipinski definition) is 1. The first-order valence-corrected chi connectivity index (χ1v) is 6.90. The van der Waals surface area contributed by atoms with E-state index in [0.717, 1.165) is 17.6 Å². The summed E-state index contributed by atoms with van der Waals surface area (Å²) in [7, 11) is 0. The molecule has 2 aromatic carbocycles. The van der Waals surface area contributed by atoms with Crippen molar-refractivity contribution in [2.45, 2.75) is 13.3 Å². The normalized spacial score (nSPS) is 11.2. The Hall–Kier alpha value is -2.41. The van der Waals surface area contributed by atoms with Gasteiger partial charge in [-0.2, -0.15) is 0 Å². The van der Waals surface area contributed by atoms with Crippen LogP contribution in [0, 0.1) is 6.92 Å². The lowest BCUT2D eigenvalue weighted by Crippen LogP contribution is -1.92. The van der Waals surface area contributed by atoms with E-state index in [4.69, 9.17) is 0 Å². The van der Waals surface area contributed by atoms with Crippen LogP contribution < -0.4 is 0 Å². The van der Waals surface area contributed by atoms with Gasteiger partial charge in [-0.3, -0.25) is 4.98 Å². The van der Waals surface area contributed by atoms with Crippen LogP contribution in [-0.4, -0.2) is 4.98 Å². The summed E-state index contributed by atoms with van der Waals surface area (Å²) in [6.45, 7) is 2.08. The number of rotatable bonds is 3. The number of pyridine rings is 1. The van der Waals surface area contributed by atoms with Crippen LogP contribution in [0.1, 0.15) is 16.8 Å². The molecule has 0 aliphatic rings. The SMILES string of the molecule is Cc1nc2ccccc2cc1CC=Cc1ccccc1. The van der Waals surface area contributed by atoms with Gasteiger partial charge in [0.2, 0.25) is 0 Å². The highest BCUT2D eigenvalue weighted by molar-refractivity contribution is 5.79. The molecule has 0 saturated carbocycles. The molecule has 3 aromatic rings. The van der Waals surface area contributed by atoms with Crippen molar-refractivity contribution >= 4 is 17.0 Å². The highest BCUT2D eigenvalue weighted by atomic mass is 14.7. The molecule has 1 heteroatoms. The van der Waals surface area contributed by atoms with Crippen LogP contribution in [0.5, 0.6) is 0 Å². The zero-order valence-electron chi connectivity index (χ0n) is 11.6. The molecule has 1 aromatic heterocycles. The van der Waals surface area contributed by atoms with E-state index in [1.54, 1.807) is 0 Å². The Kier molecular flexibility index (Phi) is 3.60. The molecule has 0 bridgehead atoms. The van der Waals surface area contributed by atoms with Crippen LogP contribution in [0.15, 0.2) is 66.7 Å². The van der Waals surface area contributed by atoms with E-state index in [1.807, 2.05) is 12.1 Å². The van der Waals surface area contributed by atoms with Crippen molar-refractivity contribution in [1.29, 1.82) is 0 Å². The lowest BCUT2D eigenvalue weighted by molar-refractivity contribution is 1.14. The zero-order chi connectivity index (χ0) is 13.8. The van der Waals surface area contributed by atoms with Crippen molar-refractivity contribution in [1.82, 2.24) is 4.98 Å². The van der Waals surface area contributed by atoms with E-state index in [0.29, 0.717) is 0 Å². The lowest BCUT2D eigenvalue weighted by atomic mass is 10.1. The standard InChI is InChI=1S/C19H17N/c1-15-17(12-7-10-16-8-3-2-4-9-16)14-18-11-5-6-13-19(18)20-15/h2-11,13-14H,12H2,1H3. The summed E-state index contributed by atoms with van der Waals surface area (Å²) in [5.41, 5.74) is 4.71. The van der Waals surface area contributed by atoms with Crippen molar-refractivity contribution in [2.24, 2.45) is 0 Å². The predicted octanol–water partition coefficient (Wildman–Crippen LogP) is 4.80. The average Bonchev–Trinajstić information content (AvgIpc) is 2.49. The molecule has 0 spiro atoms. The van der Waals surface area contributed by atoms with Crippen LogP contribution in [0.25, 0.3) is 17.0 Å². The van der Waals surface area contributed by atoms with Crippen molar-refractivity contribution in [3.63, 3.8) is 0 Å². The maximum atomic E-state index is 4.67. The summed E-state index contributed by atoms with van der Waals surface area (Å²) >= 11 is 0. The number of aromatic nitrogens is 1. The molecule has 0 radical (unpaired) electrons. The van der Waals surface area contributed by atoms with Gasteiger partial charge >= 0.3 is 0 Å². The van der Waals surface area contributed by atoms with Gasteiger partial charge in [-0.15, -0.1) is 0 Å². The molecule has 0 saturated heterocycles. The minimum absolute atomic E-state index is 0.915. The van der Waals surface area contributed by atoms with Crippen molar-refractivity contribution < 1.29 is 0 Å². The molecule has 20 heavy (non-hydrogen) atoms. The second-order valence-electron chi connectivity index (χ2n) is 4.94. The highest BCUT2D eigenvalue weighted by Gasteiger charge is 2.01. The van der Waals surface area contributed by atoms with E-state index < -0.39 is 0 Å².